The molecule has 0 saturated carbocycles. The van der Waals surface area contributed by atoms with Gasteiger partial charge < -0.3 is 15.2 Å². The van der Waals surface area contributed by atoms with E-state index in [-0.39, 0.29) is 24.5 Å². The lowest BCUT2D eigenvalue weighted by atomic mass is 9.91. The monoisotopic (exact) mass is 231 g/mol. The van der Waals surface area contributed by atoms with Crippen molar-refractivity contribution in [3.05, 3.63) is 0 Å². The molecule has 0 bridgehead atoms. The third-order valence-corrected chi connectivity index (χ3v) is 2.10. The van der Waals surface area contributed by atoms with Gasteiger partial charge in [0.15, 0.2) is 0 Å². The van der Waals surface area contributed by atoms with Crippen molar-refractivity contribution in [2.75, 3.05) is 19.7 Å². The number of hydrogen-bond acceptors (Lipinski definition) is 4. The summed E-state index contributed by atoms with van der Waals surface area (Å²) >= 11 is 0. The Labute approximate surface area is 98.4 Å². The van der Waals surface area contributed by atoms with E-state index in [0.717, 1.165) is 6.42 Å². The number of ether oxygens (including phenoxy) is 1. The second kappa shape index (κ2) is 6.21. The summed E-state index contributed by atoms with van der Waals surface area (Å²) in [5.41, 5.74) is -0.524. The summed E-state index contributed by atoms with van der Waals surface area (Å²) in [6.07, 6.45) is 0.826. The molecule has 0 unspecified atom stereocenters. The Kier molecular flexibility index (Phi) is 5.97. The summed E-state index contributed by atoms with van der Waals surface area (Å²) in [6, 6.07) is 0. The molecule has 0 aliphatic carbocycles. The average molecular weight is 231 g/mol. The van der Waals surface area contributed by atoms with Crippen LogP contribution in [0.15, 0.2) is 0 Å². The van der Waals surface area contributed by atoms with E-state index >= 15 is 0 Å². The van der Waals surface area contributed by atoms with Crippen LogP contribution < -0.4 is 5.32 Å². The molecule has 0 fully saturated rings. The molecule has 0 rings (SSSR count). The smallest absolute Gasteiger partial charge is 0.320 e. The van der Waals surface area contributed by atoms with Crippen molar-refractivity contribution >= 4 is 5.97 Å². The molecule has 96 valence electrons. The first kappa shape index (κ1) is 15.4. The molecule has 0 atom stereocenters. The highest BCUT2D eigenvalue weighted by Gasteiger charge is 2.17. The lowest BCUT2D eigenvalue weighted by Gasteiger charge is -2.22. The normalized spacial score (nSPS) is 12.6. The molecule has 4 heteroatoms. The van der Waals surface area contributed by atoms with Gasteiger partial charge in [0.05, 0.1) is 6.54 Å². The summed E-state index contributed by atoms with van der Waals surface area (Å²) in [4.78, 5) is 11.3. The van der Waals surface area contributed by atoms with Crippen LogP contribution in [0, 0.1) is 5.41 Å². The van der Waals surface area contributed by atoms with Gasteiger partial charge in [-0.25, -0.2) is 0 Å². The molecule has 0 radical (unpaired) electrons. The number of aliphatic hydroxyl groups excluding tert-OH is 1. The fourth-order valence-corrected chi connectivity index (χ4v) is 1.07. The molecule has 0 saturated heterocycles. The van der Waals surface area contributed by atoms with Crippen LogP contribution in [-0.2, 0) is 9.53 Å². The molecule has 0 aliphatic heterocycles. The van der Waals surface area contributed by atoms with Crippen molar-refractivity contribution in [3.8, 4) is 0 Å². The highest BCUT2D eigenvalue weighted by Crippen LogP contribution is 2.17. The van der Waals surface area contributed by atoms with Gasteiger partial charge in [0.1, 0.15) is 5.60 Å². The quantitative estimate of drug-likeness (QED) is 0.535. The third-order valence-electron chi connectivity index (χ3n) is 2.10. The average Bonchev–Trinajstić information content (AvgIpc) is 2.10. The van der Waals surface area contributed by atoms with Crippen LogP contribution in [0.3, 0.4) is 0 Å². The van der Waals surface area contributed by atoms with E-state index in [0.29, 0.717) is 6.54 Å². The minimum atomic E-state index is -0.427. The van der Waals surface area contributed by atoms with E-state index in [1.165, 1.54) is 0 Å². The number of nitrogens with one attached hydrogen (secondary N) is 1. The molecular formula is C12H25NO3. The van der Waals surface area contributed by atoms with Crippen LogP contribution in [0.5, 0.6) is 0 Å². The van der Waals surface area contributed by atoms with E-state index in [2.05, 4.69) is 5.32 Å². The summed E-state index contributed by atoms with van der Waals surface area (Å²) in [6.45, 7) is 10.6. The van der Waals surface area contributed by atoms with Crippen molar-refractivity contribution in [2.24, 2.45) is 5.41 Å². The minimum Gasteiger partial charge on any atom is -0.459 e. The maximum atomic E-state index is 11.3. The number of hydrogen-bond donors (Lipinski definition) is 2. The molecule has 0 aliphatic rings. The Balaban J connectivity index is 3.64. The van der Waals surface area contributed by atoms with Gasteiger partial charge in [-0.05, 0) is 39.2 Å². The lowest BCUT2D eigenvalue weighted by molar-refractivity contribution is -0.153. The van der Waals surface area contributed by atoms with Gasteiger partial charge >= 0.3 is 5.97 Å². The fourth-order valence-electron chi connectivity index (χ4n) is 1.07. The number of carbonyl (C=O) groups is 1. The summed E-state index contributed by atoms with van der Waals surface area (Å²) in [5, 5.41) is 12.0. The minimum absolute atomic E-state index is 0.0963. The first-order chi connectivity index (χ1) is 7.16. The van der Waals surface area contributed by atoms with E-state index in [4.69, 9.17) is 9.84 Å². The highest BCUT2D eigenvalue weighted by atomic mass is 16.6. The first-order valence-corrected chi connectivity index (χ1v) is 5.70. The van der Waals surface area contributed by atoms with E-state index in [1.807, 2.05) is 34.6 Å². The van der Waals surface area contributed by atoms with Gasteiger partial charge in [0.2, 0.25) is 0 Å². The summed E-state index contributed by atoms with van der Waals surface area (Å²) < 4.78 is 5.15. The van der Waals surface area contributed by atoms with Crippen molar-refractivity contribution in [3.63, 3.8) is 0 Å². The molecule has 4 nitrogen and oxygen atoms in total. The van der Waals surface area contributed by atoms with Gasteiger partial charge in [-0.15, -0.1) is 0 Å². The Morgan fingerprint density at radius 3 is 2.25 bits per heavy atom. The topological polar surface area (TPSA) is 58.6 Å². The van der Waals surface area contributed by atoms with E-state index < -0.39 is 5.60 Å². The van der Waals surface area contributed by atoms with Gasteiger partial charge in [-0.3, -0.25) is 4.79 Å². The Bertz CT molecular complexity index is 219. The second-order valence-electron chi connectivity index (χ2n) is 5.84. The molecule has 16 heavy (non-hydrogen) atoms. The van der Waals surface area contributed by atoms with Crippen LogP contribution in [0.25, 0.3) is 0 Å². The first-order valence-electron chi connectivity index (χ1n) is 5.70. The summed E-state index contributed by atoms with van der Waals surface area (Å²) in [7, 11) is 0. The van der Waals surface area contributed by atoms with Crippen LogP contribution >= 0.6 is 0 Å². The van der Waals surface area contributed by atoms with Crippen LogP contribution in [0.1, 0.15) is 41.0 Å². The maximum absolute atomic E-state index is 11.3. The van der Waals surface area contributed by atoms with Gasteiger partial charge in [-0.2, -0.15) is 0 Å². The molecule has 0 amide bonds. The van der Waals surface area contributed by atoms with Gasteiger partial charge in [0, 0.05) is 6.61 Å². The second-order valence-corrected chi connectivity index (χ2v) is 5.84. The molecular weight excluding hydrogens is 206 g/mol. The summed E-state index contributed by atoms with van der Waals surface area (Å²) in [5.74, 6) is -0.241. The maximum Gasteiger partial charge on any atom is 0.320 e. The van der Waals surface area contributed by atoms with Crippen molar-refractivity contribution in [2.45, 2.75) is 46.6 Å². The van der Waals surface area contributed by atoms with Gasteiger partial charge in [-0.1, -0.05) is 13.8 Å². The zero-order valence-corrected chi connectivity index (χ0v) is 11.1. The molecule has 0 spiro atoms. The lowest BCUT2D eigenvalue weighted by Crippen LogP contribution is -2.33. The SMILES string of the molecule is CC(C)(CO)CCNCC(=O)OC(C)(C)C. The Morgan fingerprint density at radius 1 is 1.25 bits per heavy atom. The number of rotatable bonds is 6. The van der Waals surface area contributed by atoms with Crippen molar-refractivity contribution in [1.82, 2.24) is 5.32 Å². The Hall–Kier alpha value is -0.610. The number of carbonyl (C=O) groups excluding carboxylic acids is 1. The predicted octanol–water partition coefficient (Wildman–Crippen LogP) is 1.33. The Morgan fingerprint density at radius 2 is 1.81 bits per heavy atom. The molecule has 2 N–H and O–H groups in total. The molecule has 0 aromatic heterocycles. The largest absolute Gasteiger partial charge is 0.459 e. The zero-order chi connectivity index (χ0) is 12.8. The van der Waals surface area contributed by atoms with E-state index in [9.17, 15) is 4.79 Å². The van der Waals surface area contributed by atoms with Crippen LogP contribution in [0.2, 0.25) is 0 Å². The molecule has 0 aromatic rings. The predicted molar refractivity (Wildman–Crippen MR) is 64.2 cm³/mol. The third kappa shape index (κ3) is 8.68. The van der Waals surface area contributed by atoms with Crippen molar-refractivity contribution < 1.29 is 14.6 Å². The number of esters is 1. The zero-order valence-electron chi connectivity index (χ0n) is 11.1. The van der Waals surface area contributed by atoms with Crippen LogP contribution in [0.4, 0.5) is 0 Å². The molecule has 0 aromatic carbocycles. The highest BCUT2D eigenvalue weighted by molar-refractivity contribution is 5.72. The van der Waals surface area contributed by atoms with E-state index in [1.54, 1.807) is 0 Å². The van der Waals surface area contributed by atoms with Crippen LogP contribution in [-0.4, -0.2) is 36.4 Å². The standard InChI is InChI=1S/C12H25NO3/c1-11(2,3)16-10(15)8-13-7-6-12(4,5)9-14/h13-14H,6-9H2,1-5H3. The fraction of sp³-hybridized carbons (Fsp3) is 0.917. The van der Waals surface area contributed by atoms with Crippen molar-refractivity contribution in [1.29, 1.82) is 0 Å². The molecule has 0 heterocycles. The number of aliphatic hydroxyl groups is 1. The van der Waals surface area contributed by atoms with Gasteiger partial charge in [0.25, 0.3) is 0 Å².